The molecule has 0 aliphatic rings. The number of likely N-dealkylation sites (N-methyl/N-ethyl adjacent to an activating group) is 1. The Hall–Kier alpha value is -2.53. The summed E-state index contributed by atoms with van der Waals surface area (Å²) < 4.78 is 6.65. The summed E-state index contributed by atoms with van der Waals surface area (Å²) >= 11 is 2.48. The fraction of sp³-hybridized carbons (Fsp3) is 0.364. The van der Waals surface area contributed by atoms with E-state index in [1.165, 1.54) is 23.5 Å². The standard InChI is InChI=1S/C22H26N4O4S2.ClH/c1-4-24(5-2)14-15-25(19(27)12-10-16-11-13-20(31-16)26(28)29)22-23-21-17(30-6-3)8-7-9-18(21)32-22;/h7-13H,4-6,14-15H2,1-3H3;1H. The molecule has 1 aromatic carbocycles. The van der Waals surface area contributed by atoms with Crippen molar-refractivity contribution in [3.63, 3.8) is 0 Å². The lowest BCUT2D eigenvalue weighted by atomic mass is 10.3. The number of rotatable bonds is 11. The van der Waals surface area contributed by atoms with Gasteiger partial charge in [-0.1, -0.05) is 42.6 Å². The van der Waals surface area contributed by atoms with Gasteiger partial charge in [0, 0.05) is 30.1 Å². The highest BCUT2D eigenvalue weighted by atomic mass is 35.5. The minimum Gasteiger partial charge on any atom is -0.492 e. The molecule has 3 rings (SSSR count). The van der Waals surface area contributed by atoms with Crippen LogP contribution in [0, 0.1) is 10.1 Å². The van der Waals surface area contributed by atoms with E-state index in [9.17, 15) is 14.9 Å². The molecule has 11 heteroatoms. The van der Waals surface area contributed by atoms with Crippen molar-refractivity contribution < 1.29 is 14.5 Å². The SMILES string of the molecule is CCOc1cccc2sc(N(CCN(CC)CC)C(=O)C=Cc3ccc([N+](=O)[O-])s3)nc12.Cl. The first-order chi connectivity index (χ1) is 15.5. The van der Waals surface area contributed by atoms with Gasteiger partial charge in [0.05, 0.1) is 16.2 Å². The van der Waals surface area contributed by atoms with E-state index in [-0.39, 0.29) is 23.3 Å². The van der Waals surface area contributed by atoms with Gasteiger partial charge in [-0.05, 0) is 44.3 Å². The first-order valence-electron chi connectivity index (χ1n) is 10.4. The highest BCUT2D eigenvalue weighted by Gasteiger charge is 2.20. The number of thiazole rings is 1. The number of fused-ring (bicyclic) bond motifs is 1. The minimum absolute atomic E-state index is 0. The van der Waals surface area contributed by atoms with Gasteiger partial charge < -0.3 is 9.64 Å². The van der Waals surface area contributed by atoms with Crippen LogP contribution in [-0.2, 0) is 4.79 Å². The molecule has 0 N–H and O–H groups in total. The highest BCUT2D eigenvalue weighted by Crippen LogP contribution is 2.34. The molecule has 1 amide bonds. The molecule has 0 fully saturated rings. The lowest BCUT2D eigenvalue weighted by molar-refractivity contribution is -0.380. The number of hydrogen-bond donors (Lipinski definition) is 0. The van der Waals surface area contributed by atoms with Gasteiger partial charge in [0.25, 0.3) is 5.91 Å². The van der Waals surface area contributed by atoms with Crippen LogP contribution in [-0.4, -0.2) is 53.5 Å². The average molecular weight is 511 g/mol. The van der Waals surface area contributed by atoms with Gasteiger partial charge >= 0.3 is 5.00 Å². The average Bonchev–Trinajstić information content (AvgIpc) is 3.43. The van der Waals surface area contributed by atoms with Crippen molar-refractivity contribution in [1.29, 1.82) is 0 Å². The van der Waals surface area contributed by atoms with E-state index in [2.05, 4.69) is 18.7 Å². The molecular formula is C22H27ClN4O4S2. The van der Waals surface area contributed by atoms with Crippen LogP contribution in [0.25, 0.3) is 16.3 Å². The predicted octanol–water partition coefficient (Wildman–Crippen LogP) is 5.47. The van der Waals surface area contributed by atoms with Crippen LogP contribution in [0.5, 0.6) is 5.75 Å². The molecule has 3 aromatic rings. The first kappa shape index (κ1) is 26.7. The number of nitrogens with zero attached hydrogens (tertiary/aromatic N) is 4. The largest absolute Gasteiger partial charge is 0.492 e. The lowest BCUT2D eigenvalue weighted by Gasteiger charge is -2.23. The molecule has 0 bridgehead atoms. The van der Waals surface area contributed by atoms with Crippen molar-refractivity contribution >= 4 is 67.4 Å². The molecule has 0 spiro atoms. The van der Waals surface area contributed by atoms with Gasteiger partial charge in [-0.25, -0.2) is 4.98 Å². The van der Waals surface area contributed by atoms with E-state index in [1.54, 1.807) is 17.0 Å². The quantitative estimate of drug-likeness (QED) is 0.193. The number of benzene rings is 1. The topological polar surface area (TPSA) is 88.8 Å². The molecule has 2 aromatic heterocycles. The van der Waals surface area contributed by atoms with E-state index in [0.717, 1.165) is 34.6 Å². The van der Waals surface area contributed by atoms with E-state index < -0.39 is 4.92 Å². The van der Waals surface area contributed by atoms with E-state index >= 15 is 0 Å². The molecule has 33 heavy (non-hydrogen) atoms. The number of halogens is 1. The summed E-state index contributed by atoms with van der Waals surface area (Å²) in [6.45, 7) is 9.61. The van der Waals surface area contributed by atoms with Crippen LogP contribution in [0.4, 0.5) is 10.1 Å². The molecule has 178 valence electrons. The molecule has 0 atom stereocenters. The van der Waals surface area contributed by atoms with Gasteiger partial charge in [0.15, 0.2) is 5.13 Å². The van der Waals surface area contributed by atoms with Crippen LogP contribution in [0.15, 0.2) is 36.4 Å². The lowest BCUT2D eigenvalue weighted by Crippen LogP contribution is -2.38. The van der Waals surface area contributed by atoms with E-state index in [4.69, 9.17) is 9.72 Å². The number of carbonyl (C=O) groups is 1. The second kappa shape index (κ2) is 12.6. The van der Waals surface area contributed by atoms with Gasteiger partial charge in [-0.15, -0.1) is 12.4 Å². The molecule has 0 radical (unpaired) electrons. The molecule has 0 saturated heterocycles. The van der Waals surface area contributed by atoms with E-state index in [1.807, 2.05) is 25.1 Å². The number of aromatic nitrogens is 1. The maximum atomic E-state index is 13.2. The summed E-state index contributed by atoms with van der Waals surface area (Å²) in [5.74, 6) is 0.482. The van der Waals surface area contributed by atoms with Gasteiger partial charge in [0.2, 0.25) is 0 Å². The van der Waals surface area contributed by atoms with Crippen molar-refractivity contribution in [1.82, 2.24) is 9.88 Å². The summed E-state index contributed by atoms with van der Waals surface area (Å²) in [6.07, 6.45) is 3.07. The summed E-state index contributed by atoms with van der Waals surface area (Å²) in [5.41, 5.74) is 0.743. The Bertz CT molecular complexity index is 1110. The van der Waals surface area contributed by atoms with Crippen LogP contribution in [0.2, 0.25) is 0 Å². The number of nitro groups is 1. The zero-order chi connectivity index (χ0) is 23.1. The summed E-state index contributed by atoms with van der Waals surface area (Å²) in [7, 11) is 0. The Kier molecular flexibility index (Phi) is 10.2. The zero-order valence-corrected chi connectivity index (χ0v) is 21.2. The highest BCUT2D eigenvalue weighted by molar-refractivity contribution is 7.22. The summed E-state index contributed by atoms with van der Waals surface area (Å²) in [4.78, 5) is 32.9. The van der Waals surface area contributed by atoms with Crippen LogP contribution in [0.3, 0.4) is 0 Å². The molecule has 0 aliphatic carbocycles. The van der Waals surface area contributed by atoms with Crippen LogP contribution < -0.4 is 9.64 Å². The van der Waals surface area contributed by atoms with Crippen molar-refractivity contribution in [3.8, 4) is 5.75 Å². The van der Waals surface area contributed by atoms with Gasteiger partial charge in [-0.3, -0.25) is 19.8 Å². The number of amides is 1. The molecular weight excluding hydrogens is 484 g/mol. The molecule has 8 nitrogen and oxygen atoms in total. The maximum Gasteiger partial charge on any atom is 0.324 e. The Morgan fingerprint density at radius 1 is 1.15 bits per heavy atom. The zero-order valence-electron chi connectivity index (χ0n) is 18.7. The first-order valence-corrected chi connectivity index (χ1v) is 12.1. The number of para-hydroxylation sites is 1. The minimum atomic E-state index is -0.433. The Morgan fingerprint density at radius 3 is 2.55 bits per heavy atom. The fourth-order valence-corrected chi connectivity index (χ4v) is 4.89. The number of ether oxygens (including phenoxy) is 1. The molecule has 0 aliphatic heterocycles. The maximum absolute atomic E-state index is 13.2. The van der Waals surface area contributed by atoms with Crippen molar-refractivity contribution in [3.05, 3.63) is 51.4 Å². The third-order valence-corrected chi connectivity index (χ3v) is 6.93. The molecule has 0 unspecified atom stereocenters. The van der Waals surface area contributed by atoms with Gasteiger partial charge in [-0.2, -0.15) is 0 Å². The number of anilines is 1. The number of carbonyl (C=O) groups excluding carboxylic acids is 1. The normalized spacial score (nSPS) is 11.2. The Balaban J connectivity index is 0.00000385. The number of thiophene rings is 1. The fourth-order valence-electron chi connectivity index (χ4n) is 3.15. The molecule has 2 heterocycles. The monoisotopic (exact) mass is 510 g/mol. The van der Waals surface area contributed by atoms with Crippen LogP contribution >= 0.6 is 35.1 Å². The van der Waals surface area contributed by atoms with Crippen molar-refractivity contribution in [2.45, 2.75) is 20.8 Å². The van der Waals surface area contributed by atoms with Crippen LogP contribution in [0.1, 0.15) is 25.6 Å². The smallest absolute Gasteiger partial charge is 0.324 e. The molecule has 0 saturated carbocycles. The van der Waals surface area contributed by atoms with Crippen molar-refractivity contribution in [2.75, 3.05) is 37.7 Å². The summed E-state index contributed by atoms with van der Waals surface area (Å²) in [6, 6.07) is 8.84. The second-order valence-electron chi connectivity index (χ2n) is 6.82. The third kappa shape index (κ3) is 6.73. The summed E-state index contributed by atoms with van der Waals surface area (Å²) in [5, 5.41) is 11.6. The second-order valence-corrected chi connectivity index (χ2v) is 8.92. The predicted molar refractivity (Wildman–Crippen MR) is 138 cm³/mol. The third-order valence-electron chi connectivity index (χ3n) is 4.88. The number of hydrogen-bond acceptors (Lipinski definition) is 8. The van der Waals surface area contributed by atoms with Gasteiger partial charge in [0.1, 0.15) is 11.3 Å². The van der Waals surface area contributed by atoms with Crippen molar-refractivity contribution in [2.24, 2.45) is 0 Å². The Labute approximate surface area is 207 Å². The Morgan fingerprint density at radius 2 is 1.91 bits per heavy atom. The van der Waals surface area contributed by atoms with E-state index in [0.29, 0.717) is 35.5 Å².